The summed E-state index contributed by atoms with van der Waals surface area (Å²) in [5.74, 6) is 0. The van der Waals surface area contributed by atoms with Crippen LogP contribution in [-0.2, 0) is 4.74 Å². The van der Waals surface area contributed by atoms with Crippen molar-refractivity contribution in [1.29, 1.82) is 0 Å². The Labute approximate surface area is 104 Å². The summed E-state index contributed by atoms with van der Waals surface area (Å²) in [7, 11) is 0. The Balaban J connectivity index is 2.33. The third-order valence-electron chi connectivity index (χ3n) is 2.89. The maximum atomic E-state index is 11.6. The molecular weight excluding hydrogens is 216 g/mol. The summed E-state index contributed by atoms with van der Waals surface area (Å²) >= 11 is 0. The molecule has 0 radical (unpaired) electrons. The van der Waals surface area contributed by atoms with Crippen molar-refractivity contribution >= 4 is 6.09 Å². The van der Waals surface area contributed by atoms with Gasteiger partial charge in [-0.1, -0.05) is 6.92 Å². The van der Waals surface area contributed by atoms with Gasteiger partial charge < -0.3 is 15.4 Å². The van der Waals surface area contributed by atoms with Crippen molar-refractivity contribution in [3.05, 3.63) is 0 Å². The molecule has 0 aromatic carbocycles. The largest absolute Gasteiger partial charge is 0.444 e. The van der Waals surface area contributed by atoms with E-state index < -0.39 is 5.60 Å². The molecule has 4 nitrogen and oxygen atoms in total. The van der Waals surface area contributed by atoms with E-state index in [-0.39, 0.29) is 12.1 Å². The van der Waals surface area contributed by atoms with E-state index in [1.165, 1.54) is 6.42 Å². The van der Waals surface area contributed by atoms with E-state index in [9.17, 15) is 4.79 Å². The van der Waals surface area contributed by atoms with Crippen molar-refractivity contribution in [3.63, 3.8) is 0 Å². The summed E-state index contributed by atoms with van der Waals surface area (Å²) in [5.41, 5.74) is -0.417. The molecule has 4 heteroatoms. The van der Waals surface area contributed by atoms with Crippen LogP contribution in [0.15, 0.2) is 0 Å². The van der Waals surface area contributed by atoms with Crippen LogP contribution in [-0.4, -0.2) is 30.3 Å². The highest BCUT2D eigenvalue weighted by Gasteiger charge is 2.24. The smallest absolute Gasteiger partial charge is 0.407 e. The monoisotopic (exact) mass is 242 g/mol. The van der Waals surface area contributed by atoms with Crippen LogP contribution in [0, 0.1) is 0 Å². The highest BCUT2D eigenvalue weighted by Crippen LogP contribution is 2.19. The molecule has 0 bridgehead atoms. The van der Waals surface area contributed by atoms with Gasteiger partial charge in [0, 0.05) is 12.1 Å². The van der Waals surface area contributed by atoms with E-state index in [0.29, 0.717) is 6.04 Å². The summed E-state index contributed by atoms with van der Waals surface area (Å²) in [6.45, 7) is 8.76. The minimum absolute atomic E-state index is 0.252. The second-order valence-electron chi connectivity index (χ2n) is 5.76. The fraction of sp³-hybridized carbons (Fsp3) is 0.923. The molecule has 0 saturated heterocycles. The van der Waals surface area contributed by atoms with Crippen LogP contribution in [0.4, 0.5) is 4.79 Å². The first-order valence-electron chi connectivity index (χ1n) is 6.63. The fourth-order valence-electron chi connectivity index (χ4n) is 2.27. The number of rotatable bonds is 3. The molecule has 0 aliphatic heterocycles. The molecule has 17 heavy (non-hydrogen) atoms. The summed E-state index contributed by atoms with van der Waals surface area (Å²) in [6.07, 6.45) is 4.15. The zero-order valence-corrected chi connectivity index (χ0v) is 11.5. The lowest BCUT2D eigenvalue weighted by Gasteiger charge is -2.31. The quantitative estimate of drug-likeness (QED) is 0.799. The summed E-state index contributed by atoms with van der Waals surface area (Å²) in [5, 5.41) is 6.41. The van der Waals surface area contributed by atoms with E-state index in [1.54, 1.807) is 0 Å². The van der Waals surface area contributed by atoms with Gasteiger partial charge in [0.2, 0.25) is 0 Å². The molecule has 2 N–H and O–H groups in total. The summed E-state index contributed by atoms with van der Waals surface area (Å²) < 4.78 is 5.27. The molecule has 100 valence electrons. The van der Waals surface area contributed by atoms with Crippen molar-refractivity contribution in [2.24, 2.45) is 0 Å². The van der Waals surface area contributed by atoms with Gasteiger partial charge in [0.1, 0.15) is 5.60 Å². The van der Waals surface area contributed by atoms with Crippen molar-refractivity contribution in [2.75, 3.05) is 6.54 Å². The first-order valence-corrected chi connectivity index (χ1v) is 6.63. The number of carbonyl (C=O) groups excluding carboxylic acids is 1. The Bertz CT molecular complexity index is 246. The van der Waals surface area contributed by atoms with Gasteiger partial charge in [-0.15, -0.1) is 0 Å². The second-order valence-corrected chi connectivity index (χ2v) is 5.76. The Morgan fingerprint density at radius 3 is 2.53 bits per heavy atom. The predicted octanol–water partition coefficient (Wildman–Crippen LogP) is 2.43. The minimum atomic E-state index is -0.417. The molecule has 1 fully saturated rings. The second kappa shape index (κ2) is 6.24. The third-order valence-corrected chi connectivity index (χ3v) is 2.89. The Hall–Kier alpha value is -0.770. The highest BCUT2D eigenvalue weighted by molar-refractivity contribution is 5.68. The number of ether oxygens (including phenoxy) is 1. The van der Waals surface area contributed by atoms with Gasteiger partial charge in [-0.2, -0.15) is 0 Å². The van der Waals surface area contributed by atoms with Crippen LogP contribution >= 0.6 is 0 Å². The predicted molar refractivity (Wildman–Crippen MR) is 69.1 cm³/mol. The lowest BCUT2D eigenvalue weighted by Crippen LogP contribution is -2.45. The molecule has 0 heterocycles. The number of hydrogen-bond acceptors (Lipinski definition) is 3. The molecule has 0 aromatic rings. The maximum Gasteiger partial charge on any atom is 0.407 e. The number of nitrogens with one attached hydrogen (secondary N) is 2. The first kappa shape index (κ1) is 14.3. The zero-order valence-electron chi connectivity index (χ0n) is 11.5. The van der Waals surface area contributed by atoms with Crippen molar-refractivity contribution in [2.45, 2.75) is 71.1 Å². The lowest BCUT2D eigenvalue weighted by molar-refractivity contribution is 0.0489. The Morgan fingerprint density at radius 2 is 1.94 bits per heavy atom. The molecular formula is C13H26N2O2. The first-order chi connectivity index (χ1) is 7.90. The van der Waals surface area contributed by atoms with Gasteiger partial charge >= 0.3 is 6.09 Å². The number of alkyl carbamates (subject to hydrolysis) is 1. The van der Waals surface area contributed by atoms with Gasteiger partial charge in [-0.3, -0.25) is 0 Å². The van der Waals surface area contributed by atoms with Gasteiger partial charge in [0.15, 0.2) is 0 Å². The molecule has 1 amide bonds. The molecule has 2 atom stereocenters. The van der Waals surface area contributed by atoms with Crippen LogP contribution in [0.5, 0.6) is 0 Å². The number of amides is 1. The maximum absolute atomic E-state index is 11.6. The average molecular weight is 242 g/mol. The van der Waals surface area contributed by atoms with Crippen molar-refractivity contribution in [3.8, 4) is 0 Å². The SMILES string of the molecule is CCN[C@H]1CCC[C@@H](NC(=O)OC(C)(C)C)C1. The van der Waals surface area contributed by atoms with E-state index >= 15 is 0 Å². The molecule has 0 aromatic heterocycles. The van der Waals surface area contributed by atoms with E-state index in [2.05, 4.69) is 17.6 Å². The van der Waals surface area contributed by atoms with Gasteiger partial charge in [0.05, 0.1) is 0 Å². The molecule has 0 spiro atoms. The molecule has 1 saturated carbocycles. The Morgan fingerprint density at radius 1 is 1.29 bits per heavy atom. The topological polar surface area (TPSA) is 50.4 Å². The highest BCUT2D eigenvalue weighted by atomic mass is 16.6. The van der Waals surface area contributed by atoms with E-state index in [0.717, 1.165) is 25.8 Å². The fourth-order valence-corrected chi connectivity index (χ4v) is 2.27. The summed E-state index contributed by atoms with van der Waals surface area (Å²) in [6, 6.07) is 0.788. The van der Waals surface area contributed by atoms with Gasteiger partial charge in [-0.25, -0.2) is 4.79 Å². The van der Waals surface area contributed by atoms with Crippen LogP contribution in [0.3, 0.4) is 0 Å². The lowest BCUT2D eigenvalue weighted by atomic mass is 9.91. The summed E-state index contributed by atoms with van der Waals surface area (Å²) in [4.78, 5) is 11.6. The Kier molecular flexibility index (Phi) is 5.25. The zero-order chi connectivity index (χ0) is 12.9. The van der Waals surface area contributed by atoms with Gasteiger partial charge in [-0.05, 0) is 53.0 Å². The van der Waals surface area contributed by atoms with Crippen LogP contribution in [0.25, 0.3) is 0 Å². The number of hydrogen-bond donors (Lipinski definition) is 2. The van der Waals surface area contributed by atoms with Crippen molar-refractivity contribution < 1.29 is 9.53 Å². The van der Waals surface area contributed by atoms with Gasteiger partial charge in [0.25, 0.3) is 0 Å². The number of carbonyl (C=O) groups is 1. The average Bonchev–Trinajstić information content (AvgIpc) is 2.15. The molecule has 1 aliphatic carbocycles. The normalized spacial score (nSPS) is 25.4. The van der Waals surface area contributed by atoms with Crippen molar-refractivity contribution in [1.82, 2.24) is 10.6 Å². The van der Waals surface area contributed by atoms with E-state index in [1.807, 2.05) is 20.8 Å². The molecule has 1 rings (SSSR count). The van der Waals surface area contributed by atoms with E-state index in [4.69, 9.17) is 4.74 Å². The third kappa shape index (κ3) is 5.91. The van der Waals surface area contributed by atoms with Crippen LogP contribution in [0.1, 0.15) is 53.4 Å². The molecule has 0 unspecified atom stereocenters. The van der Waals surface area contributed by atoms with Crippen LogP contribution in [0.2, 0.25) is 0 Å². The minimum Gasteiger partial charge on any atom is -0.444 e. The van der Waals surface area contributed by atoms with Crippen LogP contribution < -0.4 is 10.6 Å². The standard InChI is InChI=1S/C13H26N2O2/c1-5-14-10-7-6-8-11(9-10)15-12(16)17-13(2,3)4/h10-11,14H,5-9H2,1-4H3,(H,15,16)/t10-,11+/m0/s1. The molecule has 1 aliphatic rings.